The number of esters is 2. The van der Waals surface area contributed by atoms with Gasteiger partial charge in [-0.05, 0) is 83.5 Å². The van der Waals surface area contributed by atoms with Crippen LogP contribution in [0.25, 0.3) is 0 Å². The maximum Gasteiger partial charge on any atom is 0.472 e. The lowest BCUT2D eigenvalue weighted by Crippen LogP contribution is -2.29. The summed E-state index contributed by atoms with van der Waals surface area (Å²) in [7, 11) is -4.40. The van der Waals surface area contributed by atoms with Crippen LogP contribution in [0.15, 0.2) is 72.9 Å². The molecule has 520 valence electrons. The van der Waals surface area contributed by atoms with Crippen molar-refractivity contribution in [3.63, 3.8) is 0 Å². The highest BCUT2D eigenvalue weighted by Crippen LogP contribution is 2.43. The Kier molecular flexibility index (Phi) is 72.4. The molecule has 0 saturated heterocycles. The Labute approximate surface area is 552 Å². The molecule has 0 saturated carbocycles. The van der Waals surface area contributed by atoms with E-state index in [0.29, 0.717) is 6.42 Å². The molecule has 0 amide bonds. The van der Waals surface area contributed by atoms with Gasteiger partial charge in [0.15, 0.2) is 6.10 Å². The van der Waals surface area contributed by atoms with Crippen molar-refractivity contribution in [1.82, 2.24) is 0 Å². The highest BCUT2D eigenvalue weighted by molar-refractivity contribution is 7.47. The van der Waals surface area contributed by atoms with Gasteiger partial charge in [0.25, 0.3) is 0 Å². The highest BCUT2D eigenvalue weighted by Gasteiger charge is 2.26. The summed E-state index contributed by atoms with van der Waals surface area (Å²) in [5, 5.41) is 0. The van der Waals surface area contributed by atoms with Crippen molar-refractivity contribution in [3.05, 3.63) is 72.9 Å². The standard InChI is InChI=1S/C79H146NO8P/c1-3-5-7-9-11-13-15-17-19-21-23-25-27-29-31-33-35-37-38-40-41-43-45-47-49-51-53-55-57-59-61-63-65-67-69-71-78(81)85-75-77(76-87-89(83,84)86-74-73-80)88-79(82)72-70-68-66-64-62-60-58-56-54-52-50-48-46-44-42-39-36-34-32-30-28-26-24-22-20-18-16-14-12-10-8-6-4-2/h6,8,12,14,18,20-21,23-24,26,30,32,77H,3-5,7,9-11,13,15-17,19,22,25,27-29,31,33-76,80H2,1-2H3,(H,83,84)/b8-6-,14-12-,20-18-,23-21-,26-24-,32-30-. The molecule has 0 spiro atoms. The third kappa shape index (κ3) is 74.4. The number of carbonyl (C=O) groups excluding carboxylic acids is 2. The lowest BCUT2D eigenvalue weighted by Gasteiger charge is -2.19. The minimum absolute atomic E-state index is 0.0541. The van der Waals surface area contributed by atoms with Gasteiger partial charge in [-0.3, -0.25) is 18.6 Å². The quantitative estimate of drug-likeness (QED) is 0.0264. The van der Waals surface area contributed by atoms with Crippen LogP contribution in [0.4, 0.5) is 0 Å². The summed E-state index contributed by atoms with van der Waals surface area (Å²) in [6.45, 7) is 3.69. The Balaban J connectivity index is 3.79. The number of carbonyl (C=O) groups is 2. The molecule has 0 heterocycles. The van der Waals surface area contributed by atoms with Gasteiger partial charge < -0.3 is 20.1 Å². The molecule has 0 aliphatic rings. The zero-order valence-corrected chi connectivity index (χ0v) is 59.6. The van der Waals surface area contributed by atoms with Crippen molar-refractivity contribution in [3.8, 4) is 0 Å². The van der Waals surface area contributed by atoms with E-state index in [9.17, 15) is 19.0 Å². The van der Waals surface area contributed by atoms with E-state index in [-0.39, 0.29) is 38.6 Å². The molecule has 0 rings (SSSR count). The summed E-state index contributed by atoms with van der Waals surface area (Å²) < 4.78 is 33.3. The maximum absolute atomic E-state index is 12.8. The second-order valence-electron chi connectivity index (χ2n) is 25.8. The molecule has 2 atom stereocenters. The number of phosphoric ester groups is 1. The largest absolute Gasteiger partial charge is 0.472 e. The maximum atomic E-state index is 12.8. The van der Waals surface area contributed by atoms with E-state index in [4.69, 9.17) is 24.3 Å². The first-order valence-electron chi connectivity index (χ1n) is 38.4. The van der Waals surface area contributed by atoms with E-state index in [0.717, 1.165) is 70.6 Å². The van der Waals surface area contributed by atoms with Gasteiger partial charge in [0.2, 0.25) is 0 Å². The summed E-state index contributed by atoms with van der Waals surface area (Å²) in [4.78, 5) is 35.4. The van der Waals surface area contributed by atoms with E-state index >= 15 is 0 Å². The second-order valence-corrected chi connectivity index (χ2v) is 27.3. The topological polar surface area (TPSA) is 134 Å². The summed E-state index contributed by atoms with van der Waals surface area (Å²) >= 11 is 0. The molecule has 89 heavy (non-hydrogen) atoms. The Morgan fingerprint density at radius 1 is 0.348 bits per heavy atom. The molecular weight excluding hydrogens is 1120 g/mol. The molecule has 0 aromatic carbocycles. The number of nitrogens with two attached hydrogens (primary N) is 1. The SMILES string of the molecule is CC/C=C\C/C=C\C/C=C\C/C=C\C/C=C\CCCCCCCCCCCCCCCCCCCC(=O)OC(COC(=O)CCCCCCCCCCCCCCCCCCCCCCCCC/C=C\CCCCCCCCCC)COP(=O)(O)OCCN. The van der Waals surface area contributed by atoms with Gasteiger partial charge in [-0.15, -0.1) is 0 Å². The van der Waals surface area contributed by atoms with E-state index in [1.54, 1.807) is 0 Å². The van der Waals surface area contributed by atoms with Gasteiger partial charge in [0.05, 0.1) is 13.2 Å². The number of hydrogen-bond acceptors (Lipinski definition) is 8. The van der Waals surface area contributed by atoms with Crippen LogP contribution in [0.2, 0.25) is 0 Å². The minimum Gasteiger partial charge on any atom is -0.462 e. The fraction of sp³-hybridized carbons (Fsp3) is 0.823. The number of ether oxygens (including phenoxy) is 2. The molecular formula is C79H146NO8P. The zero-order chi connectivity index (χ0) is 64.4. The first kappa shape index (κ1) is 86.5. The Bertz CT molecular complexity index is 1690. The number of phosphoric acid groups is 1. The Morgan fingerprint density at radius 2 is 0.618 bits per heavy atom. The highest BCUT2D eigenvalue weighted by atomic mass is 31.2. The van der Waals surface area contributed by atoms with Crippen LogP contribution in [0.5, 0.6) is 0 Å². The monoisotopic (exact) mass is 1270 g/mol. The first-order valence-corrected chi connectivity index (χ1v) is 39.9. The molecule has 3 N–H and O–H groups in total. The predicted molar refractivity (Wildman–Crippen MR) is 386 cm³/mol. The van der Waals surface area contributed by atoms with Gasteiger partial charge in [-0.25, -0.2) is 4.57 Å². The number of allylic oxidation sites excluding steroid dienone is 12. The normalized spacial score (nSPS) is 13.3. The van der Waals surface area contributed by atoms with Crippen molar-refractivity contribution in [2.75, 3.05) is 26.4 Å². The molecule has 0 aliphatic heterocycles. The number of rotatable bonds is 73. The minimum atomic E-state index is -4.40. The fourth-order valence-corrected chi connectivity index (χ4v) is 12.2. The molecule has 0 fully saturated rings. The third-order valence-electron chi connectivity index (χ3n) is 17.1. The molecule has 0 aromatic heterocycles. The lowest BCUT2D eigenvalue weighted by molar-refractivity contribution is -0.161. The van der Waals surface area contributed by atoms with Crippen molar-refractivity contribution in [2.45, 2.75) is 392 Å². The summed E-state index contributed by atoms with van der Waals surface area (Å²) in [6, 6.07) is 0. The molecule has 0 radical (unpaired) electrons. The van der Waals surface area contributed by atoms with Gasteiger partial charge in [0.1, 0.15) is 6.61 Å². The average Bonchev–Trinajstić information content (AvgIpc) is 3.58. The fourth-order valence-electron chi connectivity index (χ4n) is 11.4. The molecule has 10 heteroatoms. The van der Waals surface area contributed by atoms with Gasteiger partial charge in [-0.1, -0.05) is 363 Å². The van der Waals surface area contributed by atoms with Crippen LogP contribution in [-0.4, -0.2) is 49.3 Å². The molecule has 9 nitrogen and oxygen atoms in total. The van der Waals surface area contributed by atoms with Gasteiger partial charge >= 0.3 is 19.8 Å². The summed E-state index contributed by atoms with van der Waals surface area (Å²) in [6.07, 6.45) is 98.9. The summed E-state index contributed by atoms with van der Waals surface area (Å²) in [5.74, 6) is -0.808. The molecule has 0 aliphatic carbocycles. The molecule has 0 aromatic rings. The molecule has 2 unspecified atom stereocenters. The van der Waals surface area contributed by atoms with E-state index in [1.165, 1.54) is 283 Å². The van der Waals surface area contributed by atoms with Crippen molar-refractivity contribution in [2.24, 2.45) is 5.73 Å². The first-order chi connectivity index (χ1) is 43.8. The van der Waals surface area contributed by atoms with Gasteiger partial charge in [0, 0.05) is 19.4 Å². The Morgan fingerprint density at radius 3 is 0.933 bits per heavy atom. The van der Waals surface area contributed by atoms with Crippen LogP contribution in [0, 0.1) is 0 Å². The molecule has 0 bridgehead atoms. The smallest absolute Gasteiger partial charge is 0.462 e. The predicted octanol–water partition coefficient (Wildman–Crippen LogP) is 25.5. The lowest BCUT2D eigenvalue weighted by atomic mass is 10.0. The van der Waals surface area contributed by atoms with E-state index < -0.39 is 26.5 Å². The van der Waals surface area contributed by atoms with Crippen LogP contribution < -0.4 is 5.73 Å². The van der Waals surface area contributed by atoms with Crippen molar-refractivity contribution < 1.29 is 37.6 Å². The number of unbranched alkanes of at least 4 members (excludes halogenated alkanes) is 48. The van der Waals surface area contributed by atoms with Crippen molar-refractivity contribution >= 4 is 19.8 Å². The summed E-state index contributed by atoms with van der Waals surface area (Å²) in [5.41, 5.74) is 5.41. The van der Waals surface area contributed by atoms with Crippen LogP contribution in [0.3, 0.4) is 0 Å². The average molecular weight is 1270 g/mol. The second kappa shape index (κ2) is 74.5. The number of hydrogen-bond donors (Lipinski definition) is 2. The van der Waals surface area contributed by atoms with Crippen LogP contribution in [0.1, 0.15) is 386 Å². The van der Waals surface area contributed by atoms with Gasteiger partial charge in [-0.2, -0.15) is 0 Å². The third-order valence-corrected chi connectivity index (χ3v) is 18.1. The van der Waals surface area contributed by atoms with Crippen LogP contribution in [-0.2, 0) is 32.7 Å². The Hall–Kier alpha value is -2.55. The zero-order valence-electron chi connectivity index (χ0n) is 58.7. The van der Waals surface area contributed by atoms with Crippen LogP contribution >= 0.6 is 7.82 Å². The van der Waals surface area contributed by atoms with Crippen molar-refractivity contribution in [1.29, 1.82) is 0 Å². The van der Waals surface area contributed by atoms with E-state index in [1.807, 2.05) is 0 Å². The van der Waals surface area contributed by atoms with E-state index in [2.05, 4.69) is 86.8 Å².